The highest BCUT2D eigenvalue weighted by atomic mass is 16.1. The van der Waals surface area contributed by atoms with Gasteiger partial charge in [-0.15, -0.1) is 0 Å². The van der Waals surface area contributed by atoms with Crippen LogP contribution in [0.2, 0.25) is 0 Å². The van der Waals surface area contributed by atoms with Crippen molar-refractivity contribution in [2.24, 2.45) is 0 Å². The molecule has 0 spiro atoms. The van der Waals surface area contributed by atoms with Crippen LogP contribution in [0, 0.1) is 0 Å². The first-order valence-corrected chi connectivity index (χ1v) is 4.26. The number of nitrogens with one attached hydrogen (secondary N) is 1. The fourth-order valence-electron chi connectivity index (χ4n) is 1.42. The van der Waals surface area contributed by atoms with E-state index in [1.54, 1.807) is 0 Å². The number of likely N-dealkylation sites (tertiary alicyclic amines) is 1. The third kappa shape index (κ3) is 2.01. The first-order chi connectivity index (χ1) is 5.27. The Morgan fingerprint density at radius 3 is 2.82 bits per heavy atom. The highest BCUT2D eigenvalue weighted by Gasteiger charge is 2.28. The van der Waals surface area contributed by atoms with Crippen LogP contribution in [-0.2, 0) is 4.79 Å². The number of carbonyl (C=O) groups excluding carboxylic acids is 1. The Labute approximate surface area is 67.8 Å². The van der Waals surface area contributed by atoms with Crippen molar-refractivity contribution in [1.82, 2.24) is 10.2 Å². The minimum absolute atomic E-state index is 0.0972. The van der Waals surface area contributed by atoms with Gasteiger partial charge in [-0.3, -0.25) is 9.69 Å². The summed E-state index contributed by atoms with van der Waals surface area (Å²) in [6.45, 7) is 7.50. The lowest BCUT2D eigenvalue weighted by atomic mass is 10.2. The van der Waals surface area contributed by atoms with Crippen LogP contribution in [0.4, 0.5) is 0 Å². The summed E-state index contributed by atoms with van der Waals surface area (Å²) in [6.07, 6.45) is 0. The second-order valence-electron chi connectivity index (χ2n) is 2.90. The average Bonchev–Trinajstić information content (AvgIpc) is 2.33. The highest BCUT2D eigenvalue weighted by molar-refractivity contribution is 5.88. The molecule has 1 saturated heterocycles. The van der Waals surface area contributed by atoms with Crippen LogP contribution in [0.15, 0.2) is 0 Å². The largest absolute Gasteiger partial charge is 0.307 e. The van der Waals surface area contributed by atoms with E-state index in [-0.39, 0.29) is 6.04 Å². The molecule has 1 fully saturated rings. The standard InChI is InChI=1S/C8H16N2O/c1-3-9-7-5-10(4-2)6-8(7)11/h7,9H,3-6H2,1-2H3/t7-/m0/s1. The van der Waals surface area contributed by atoms with Gasteiger partial charge < -0.3 is 5.32 Å². The predicted octanol–water partition coefficient (Wildman–Crippen LogP) is -0.131. The topological polar surface area (TPSA) is 32.3 Å². The molecule has 11 heavy (non-hydrogen) atoms. The van der Waals surface area contributed by atoms with Crippen molar-refractivity contribution in [3.63, 3.8) is 0 Å². The van der Waals surface area contributed by atoms with Gasteiger partial charge in [0.1, 0.15) is 0 Å². The zero-order valence-corrected chi connectivity index (χ0v) is 7.26. The summed E-state index contributed by atoms with van der Waals surface area (Å²) in [5.74, 6) is 0.341. The number of carbonyl (C=O) groups is 1. The predicted molar refractivity (Wildman–Crippen MR) is 44.6 cm³/mol. The van der Waals surface area contributed by atoms with Crippen LogP contribution >= 0.6 is 0 Å². The van der Waals surface area contributed by atoms with Crippen molar-refractivity contribution in [3.05, 3.63) is 0 Å². The minimum atomic E-state index is 0.0972. The molecule has 1 atom stereocenters. The molecule has 64 valence electrons. The number of hydrogen-bond donors (Lipinski definition) is 1. The van der Waals surface area contributed by atoms with Crippen LogP contribution in [0.5, 0.6) is 0 Å². The molecule has 0 radical (unpaired) electrons. The zero-order chi connectivity index (χ0) is 8.27. The lowest BCUT2D eigenvalue weighted by Gasteiger charge is -2.11. The van der Waals surface area contributed by atoms with E-state index in [0.29, 0.717) is 12.3 Å². The number of likely N-dealkylation sites (N-methyl/N-ethyl adjacent to an activating group) is 2. The molecule has 0 aromatic carbocycles. The van der Waals surface area contributed by atoms with E-state index in [4.69, 9.17) is 0 Å². The van der Waals surface area contributed by atoms with E-state index in [1.165, 1.54) is 0 Å². The van der Waals surface area contributed by atoms with Gasteiger partial charge in [0.2, 0.25) is 0 Å². The SMILES string of the molecule is CCN[C@H]1CN(CC)CC1=O. The maximum Gasteiger partial charge on any atom is 0.164 e. The number of nitrogens with zero attached hydrogens (tertiary/aromatic N) is 1. The normalized spacial score (nSPS) is 26.4. The van der Waals surface area contributed by atoms with E-state index in [0.717, 1.165) is 19.6 Å². The summed E-state index contributed by atoms with van der Waals surface area (Å²) < 4.78 is 0. The molecule has 3 nitrogen and oxygen atoms in total. The third-order valence-electron chi connectivity index (χ3n) is 2.11. The maximum atomic E-state index is 11.2. The smallest absolute Gasteiger partial charge is 0.164 e. The Kier molecular flexibility index (Phi) is 3.02. The van der Waals surface area contributed by atoms with Crippen LogP contribution < -0.4 is 5.32 Å². The fourth-order valence-corrected chi connectivity index (χ4v) is 1.42. The van der Waals surface area contributed by atoms with E-state index >= 15 is 0 Å². The summed E-state index contributed by atoms with van der Waals surface area (Å²) in [5.41, 5.74) is 0. The summed E-state index contributed by atoms with van der Waals surface area (Å²) in [6, 6.07) is 0.0972. The first kappa shape index (κ1) is 8.68. The molecule has 0 amide bonds. The molecule has 1 aliphatic rings. The van der Waals surface area contributed by atoms with Gasteiger partial charge in [-0.1, -0.05) is 13.8 Å². The van der Waals surface area contributed by atoms with Gasteiger partial charge in [-0.2, -0.15) is 0 Å². The van der Waals surface area contributed by atoms with E-state index in [2.05, 4.69) is 17.1 Å². The van der Waals surface area contributed by atoms with Gasteiger partial charge in [0.15, 0.2) is 5.78 Å². The molecule has 1 rings (SSSR count). The number of rotatable bonds is 3. The fraction of sp³-hybridized carbons (Fsp3) is 0.875. The van der Waals surface area contributed by atoms with E-state index in [9.17, 15) is 4.79 Å². The summed E-state index contributed by atoms with van der Waals surface area (Å²) >= 11 is 0. The number of hydrogen-bond acceptors (Lipinski definition) is 3. The molecule has 0 aromatic rings. The quantitative estimate of drug-likeness (QED) is 0.617. The van der Waals surface area contributed by atoms with Gasteiger partial charge in [0.25, 0.3) is 0 Å². The van der Waals surface area contributed by atoms with Gasteiger partial charge in [0, 0.05) is 6.54 Å². The van der Waals surface area contributed by atoms with Crippen molar-refractivity contribution in [1.29, 1.82) is 0 Å². The van der Waals surface area contributed by atoms with Gasteiger partial charge in [-0.25, -0.2) is 0 Å². The molecule has 0 bridgehead atoms. The Balaban J connectivity index is 2.38. The monoisotopic (exact) mass is 156 g/mol. The third-order valence-corrected chi connectivity index (χ3v) is 2.11. The van der Waals surface area contributed by atoms with Crippen LogP contribution in [0.1, 0.15) is 13.8 Å². The Hall–Kier alpha value is -0.410. The van der Waals surface area contributed by atoms with E-state index in [1.807, 2.05) is 6.92 Å². The van der Waals surface area contributed by atoms with Crippen LogP contribution in [0.25, 0.3) is 0 Å². The van der Waals surface area contributed by atoms with Crippen molar-refractivity contribution < 1.29 is 4.79 Å². The molecular formula is C8H16N2O. The van der Waals surface area contributed by atoms with Gasteiger partial charge in [0.05, 0.1) is 12.6 Å². The molecular weight excluding hydrogens is 140 g/mol. The zero-order valence-electron chi connectivity index (χ0n) is 7.26. The van der Waals surface area contributed by atoms with Gasteiger partial charge >= 0.3 is 0 Å². The second-order valence-corrected chi connectivity index (χ2v) is 2.90. The lowest BCUT2D eigenvalue weighted by Crippen LogP contribution is -2.36. The molecule has 0 saturated carbocycles. The molecule has 0 unspecified atom stereocenters. The van der Waals surface area contributed by atoms with E-state index < -0.39 is 0 Å². The highest BCUT2D eigenvalue weighted by Crippen LogP contribution is 2.03. The number of Topliss-reactive ketones (excluding diaryl/α,β-unsaturated/α-hetero) is 1. The molecule has 1 heterocycles. The van der Waals surface area contributed by atoms with Gasteiger partial charge in [-0.05, 0) is 13.1 Å². The van der Waals surface area contributed by atoms with Crippen molar-refractivity contribution in [2.45, 2.75) is 19.9 Å². The van der Waals surface area contributed by atoms with Crippen molar-refractivity contribution in [2.75, 3.05) is 26.2 Å². The van der Waals surface area contributed by atoms with Crippen molar-refractivity contribution in [3.8, 4) is 0 Å². The Morgan fingerprint density at radius 1 is 1.64 bits per heavy atom. The summed E-state index contributed by atoms with van der Waals surface area (Å²) in [4.78, 5) is 13.4. The molecule has 0 aliphatic carbocycles. The molecule has 1 N–H and O–H groups in total. The van der Waals surface area contributed by atoms with Crippen molar-refractivity contribution >= 4 is 5.78 Å². The summed E-state index contributed by atoms with van der Waals surface area (Å²) in [5, 5.41) is 3.17. The Bertz CT molecular complexity index is 147. The molecule has 1 aliphatic heterocycles. The van der Waals surface area contributed by atoms with Crippen LogP contribution in [0.3, 0.4) is 0 Å². The minimum Gasteiger partial charge on any atom is -0.307 e. The second kappa shape index (κ2) is 3.83. The number of ketones is 1. The summed E-state index contributed by atoms with van der Waals surface area (Å²) in [7, 11) is 0. The maximum absolute atomic E-state index is 11.2. The lowest BCUT2D eigenvalue weighted by molar-refractivity contribution is -0.118. The molecule has 3 heteroatoms. The van der Waals surface area contributed by atoms with Crippen LogP contribution in [-0.4, -0.2) is 42.9 Å². The average molecular weight is 156 g/mol. The first-order valence-electron chi connectivity index (χ1n) is 4.26. The Morgan fingerprint density at radius 2 is 2.36 bits per heavy atom. The molecule has 0 aromatic heterocycles.